The Morgan fingerprint density at radius 1 is 1.06 bits per heavy atom. The van der Waals surface area contributed by atoms with Crippen LogP contribution in [0.1, 0.15) is 51.4 Å². The second-order valence-corrected chi connectivity index (χ2v) is 4.48. The van der Waals surface area contributed by atoms with Crippen LogP contribution in [0.15, 0.2) is 0 Å². The maximum atomic E-state index is 11.2. The maximum Gasteiger partial charge on any atom is 0.303 e. The Hall–Kier alpha value is -1.06. The van der Waals surface area contributed by atoms with Crippen molar-refractivity contribution in [2.24, 2.45) is 5.92 Å². The summed E-state index contributed by atoms with van der Waals surface area (Å²) in [5, 5.41) is 11.3. The molecule has 1 fully saturated rings. The van der Waals surface area contributed by atoms with Crippen molar-refractivity contribution in [2.45, 2.75) is 51.4 Å². The highest BCUT2D eigenvalue weighted by Crippen LogP contribution is 2.28. The van der Waals surface area contributed by atoms with E-state index >= 15 is 0 Å². The highest BCUT2D eigenvalue weighted by molar-refractivity contribution is 5.80. The van der Waals surface area contributed by atoms with Crippen molar-refractivity contribution in [2.75, 3.05) is 6.54 Å². The second-order valence-electron chi connectivity index (χ2n) is 4.48. The van der Waals surface area contributed by atoms with E-state index in [1.54, 1.807) is 0 Å². The van der Waals surface area contributed by atoms with Gasteiger partial charge in [-0.1, -0.05) is 19.3 Å². The van der Waals surface area contributed by atoms with Crippen LogP contribution in [0.5, 0.6) is 0 Å². The Morgan fingerprint density at radius 2 is 1.69 bits per heavy atom. The second kappa shape index (κ2) is 7.25. The smallest absolute Gasteiger partial charge is 0.303 e. The fraction of sp³-hybridized carbons (Fsp3) is 0.833. The lowest BCUT2D eigenvalue weighted by Gasteiger charge is -2.03. The van der Waals surface area contributed by atoms with Gasteiger partial charge in [0.05, 0.1) is 0 Å². The van der Waals surface area contributed by atoms with Gasteiger partial charge in [-0.25, -0.2) is 0 Å². The van der Waals surface area contributed by atoms with Crippen LogP contribution in [0, 0.1) is 5.92 Å². The van der Waals surface area contributed by atoms with Gasteiger partial charge in [0.1, 0.15) is 0 Å². The first-order valence-corrected chi connectivity index (χ1v) is 6.19. The average molecular weight is 227 g/mol. The van der Waals surface area contributed by atoms with E-state index in [0.29, 0.717) is 5.92 Å². The molecule has 0 bridgehead atoms. The molecule has 16 heavy (non-hydrogen) atoms. The van der Waals surface area contributed by atoms with E-state index in [1.807, 2.05) is 0 Å². The molecule has 2 N–H and O–H groups in total. The first-order chi connectivity index (χ1) is 7.70. The molecule has 1 saturated carbocycles. The van der Waals surface area contributed by atoms with Gasteiger partial charge in [-0.15, -0.1) is 0 Å². The minimum absolute atomic E-state index is 0.214. The summed E-state index contributed by atoms with van der Waals surface area (Å²) in [6.07, 6.45) is 7.27. The summed E-state index contributed by atoms with van der Waals surface area (Å²) < 4.78 is 0. The van der Waals surface area contributed by atoms with E-state index < -0.39 is 5.97 Å². The molecule has 0 aliphatic heterocycles. The Balaban J connectivity index is 1.77. The molecule has 0 aromatic carbocycles. The number of carbonyl (C=O) groups excluding carboxylic acids is 1. The summed E-state index contributed by atoms with van der Waals surface area (Å²) in [7, 11) is 0. The zero-order valence-corrected chi connectivity index (χ0v) is 9.71. The summed E-state index contributed by atoms with van der Waals surface area (Å²) in [5.41, 5.74) is 0. The molecular weight excluding hydrogens is 206 g/mol. The van der Waals surface area contributed by atoms with Crippen molar-refractivity contribution >= 4 is 11.9 Å². The number of rotatable bonds is 9. The Morgan fingerprint density at radius 3 is 2.31 bits per heavy atom. The normalized spacial score (nSPS) is 14.8. The lowest BCUT2D eigenvalue weighted by Crippen LogP contribution is -2.25. The number of carboxylic acids is 1. The van der Waals surface area contributed by atoms with Crippen molar-refractivity contribution in [1.29, 1.82) is 0 Å². The largest absolute Gasteiger partial charge is 0.481 e. The summed E-state index contributed by atoms with van der Waals surface area (Å²) in [5.74, 6) is -0.196. The van der Waals surface area contributed by atoms with Crippen LogP contribution >= 0.6 is 0 Å². The molecule has 0 radical (unpaired) electrons. The number of carbonyl (C=O) groups is 2. The molecule has 1 aliphatic rings. The predicted molar refractivity (Wildman–Crippen MR) is 61.1 cm³/mol. The molecule has 92 valence electrons. The lowest BCUT2D eigenvalue weighted by molar-refractivity contribution is -0.137. The number of carboxylic acid groups (broad SMARTS) is 1. The summed E-state index contributed by atoms with van der Waals surface area (Å²) in [6, 6.07) is 0. The SMILES string of the molecule is O=C(O)CCCCCCCNC(=O)C1CC1. The van der Waals surface area contributed by atoms with Crippen LogP contribution in [0.4, 0.5) is 0 Å². The Labute approximate surface area is 96.4 Å². The molecule has 0 spiro atoms. The first-order valence-electron chi connectivity index (χ1n) is 6.19. The van der Waals surface area contributed by atoms with Crippen molar-refractivity contribution in [3.63, 3.8) is 0 Å². The van der Waals surface area contributed by atoms with Crippen molar-refractivity contribution in [3.05, 3.63) is 0 Å². The molecular formula is C12H21NO3. The van der Waals surface area contributed by atoms with Gasteiger partial charge in [0.2, 0.25) is 5.91 Å². The number of hydrogen-bond donors (Lipinski definition) is 2. The van der Waals surface area contributed by atoms with Crippen molar-refractivity contribution in [3.8, 4) is 0 Å². The van der Waals surface area contributed by atoms with E-state index in [-0.39, 0.29) is 12.3 Å². The van der Waals surface area contributed by atoms with Crippen LogP contribution in [0.25, 0.3) is 0 Å². The minimum atomic E-state index is -0.711. The average Bonchev–Trinajstić information content (AvgIpc) is 3.04. The van der Waals surface area contributed by atoms with Gasteiger partial charge in [0.15, 0.2) is 0 Å². The molecule has 1 amide bonds. The monoisotopic (exact) mass is 227 g/mol. The molecule has 4 heteroatoms. The zero-order chi connectivity index (χ0) is 11.8. The molecule has 0 atom stereocenters. The van der Waals surface area contributed by atoms with E-state index in [4.69, 9.17) is 5.11 Å². The molecule has 1 rings (SSSR count). The van der Waals surface area contributed by atoms with Gasteiger partial charge in [-0.05, 0) is 25.7 Å². The van der Waals surface area contributed by atoms with E-state index in [1.165, 1.54) is 0 Å². The highest BCUT2D eigenvalue weighted by Gasteiger charge is 2.28. The molecule has 1 aliphatic carbocycles. The van der Waals surface area contributed by atoms with E-state index in [2.05, 4.69) is 5.32 Å². The van der Waals surface area contributed by atoms with Crippen molar-refractivity contribution in [1.82, 2.24) is 5.32 Å². The fourth-order valence-corrected chi connectivity index (χ4v) is 1.63. The highest BCUT2D eigenvalue weighted by atomic mass is 16.4. The maximum absolute atomic E-state index is 11.2. The van der Waals surface area contributed by atoms with Gasteiger partial charge in [0.25, 0.3) is 0 Å². The third kappa shape index (κ3) is 6.43. The van der Waals surface area contributed by atoms with Gasteiger partial charge in [-0.3, -0.25) is 9.59 Å². The molecule has 0 aromatic heterocycles. The number of amides is 1. The standard InChI is InChI=1S/C12H21NO3/c14-11(15)6-4-2-1-3-5-9-13-12(16)10-7-8-10/h10H,1-9H2,(H,13,16)(H,14,15). The summed E-state index contributed by atoms with van der Waals surface area (Å²) in [6.45, 7) is 0.772. The first kappa shape index (κ1) is 13.0. The minimum Gasteiger partial charge on any atom is -0.481 e. The molecule has 0 saturated heterocycles. The topological polar surface area (TPSA) is 66.4 Å². The molecule has 4 nitrogen and oxygen atoms in total. The number of unbranched alkanes of at least 4 members (excludes halogenated alkanes) is 4. The quantitative estimate of drug-likeness (QED) is 0.591. The molecule has 0 heterocycles. The number of hydrogen-bond acceptors (Lipinski definition) is 2. The van der Waals surface area contributed by atoms with Crippen LogP contribution in [0.2, 0.25) is 0 Å². The number of nitrogens with one attached hydrogen (secondary N) is 1. The fourth-order valence-electron chi connectivity index (χ4n) is 1.63. The third-order valence-corrected chi connectivity index (χ3v) is 2.81. The van der Waals surface area contributed by atoms with Crippen LogP contribution in [-0.2, 0) is 9.59 Å². The van der Waals surface area contributed by atoms with Crippen LogP contribution in [0.3, 0.4) is 0 Å². The predicted octanol–water partition coefficient (Wildman–Crippen LogP) is 1.94. The Kier molecular flexibility index (Phi) is 5.90. The van der Waals surface area contributed by atoms with Gasteiger partial charge < -0.3 is 10.4 Å². The Bertz CT molecular complexity index is 236. The van der Waals surface area contributed by atoms with Gasteiger partial charge >= 0.3 is 5.97 Å². The van der Waals surface area contributed by atoms with E-state index in [9.17, 15) is 9.59 Å². The molecule has 0 unspecified atom stereocenters. The summed E-state index contributed by atoms with van der Waals surface area (Å²) >= 11 is 0. The number of aliphatic carboxylic acids is 1. The van der Waals surface area contributed by atoms with Crippen LogP contribution in [-0.4, -0.2) is 23.5 Å². The lowest BCUT2D eigenvalue weighted by atomic mass is 10.1. The van der Waals surface area contributed by atoms with Gasteiger partial charge in [0, 0.05) is 18.9 Å². The third-order valence-electron chi connectivity index (χ3n) is 2.81. The van der Waals surface area contributed by atoms with E-state index in [0.717, 1.165) is 51.5 Å². The van der Waals surface area contributed by atoms with Crippen molar-refractivity contribution < 1.29 is 14.7 Å². The molecule has 0 aromatic rings. The van der Waals surface area contributed by atoms with Gasteiger partial charge in [-0.2, -0.15) is 0 Å². The zero-order valence-electron chi connectivity index (χ0n) is 9.71. The van der Waals surface area contributed by atoms with Crippen LogP contribution < -0.4 is 5.32 Å². The summed E-state index contributed by atoms with van der Waals surface area (Å²) in [4.78, 5) is 21.5.